The maximum atomic E-state index is 13.2. The van der Waals surface area contributed by atoms with Crippen molar-refractivity contribution in [1.82, 2.24) is 15.5 Å². The summed E-state index contributed by atoms with van der Waals surface area (Å²) in [6, 6.07) is 7.40. The number of hydrogen-bond donors (Lipinski definition) is 2. The van der Waals surface area contributed by atoms with Gasteiger partial charge in [0.2, 0.25) is 0 Å². The van der Waals surface area contributed by atoms with E-state index in [4.69, 9.17) is 4.74 Å². The molecule has 1 aliphatic rings. The van der Waals surface area contributed by atoms with Crippen LogP contribution in [0, 0.1) is 5.82 Å². The Kier molecular flexibility index (Phi) is 9.53. The normalized spacial score (nSPS) is 20.2. The number of ether oxygens (including phenoxy) is 1. The number of nitrogens with one attached hydrogen (secondary N) is 2. The smallest absolute Gasteiger partial charge is 0.191 e. The molecule has 0 amide bonds. The molecule has 5 nitrogen and oxygen atoms in total. The summed E-state index contributed by atoms with van der Waals surface area (Å²) in [6.45, 7) is 8.27. The summed E-state index contributed by atoms with van der Waals surface area (Å²) in [5.41, 5.74) is 0.891. The van der Waals surface area contributed by atoms with Gasteiger partial charge in [0.25, 0.3) is 0 Å². The molecule has 2 N–H and O–H groups in total. The Morgan fingerprint density at radius 1 is 1.46 bits per heavy atom. The molecule has 0 radical (unpaired) electrons. The standard InChI is InChI=1S/C17H27FN4O.HI/c1-13(22-7-8-23-12-14(22)2)10-20-17(19-3)21-11-15-5-4-6-16(18)9-15;/h4-6,9,13-14H,7-8,10-12H2,1-3H3,(H2,19,20,21);1H. The maximum Gasteiger partial charge on any atom is 0.191 e. The molecule has 136 valence electrons. The van der Waals surface area contributed by atoms with E-state index >= 15 is 0 Å². The predicted molar refractivity (Wildman–Crippen MR) is 106 cm³/mol. The summed E-state index contributed by atoms with van der Waals surface area (Å²) in [6.07, 6.45) is 0. The number of benzene rings is 1. The first-order valence-corrected chi connectivity index (χ1v) is 8.12. The summed E-state index contributed by atoms with van der Waals surface area (Å²) < 4.78 is 18.7. The largest absolute Gasteiger partial charge is 0.379 e. The van der Waals surface area contributed by atoms with Crippen LogP contribution in [-0.2, 0) is 11.3 Å². The number of hydrogen-bond acceptors (Lipinski definition) is 3. The van der Waals surface area contributed by atoms with Gasteiger partial charge in [0.05, 0.1) is 13.2 Å². The van der Waals surface area contributed by atoms with Crippen molar-refractivity contribution in [2.75, 3.05) is 33.4 Å². The lowest BCUT2D eigenvalue weighted by atomic mass is 10.2. The van der Waals surface area contributed by atoms with Crippen LogP contribution in [0.15, 0.2) is 29.3 Å². The minimum absolute atomic E-state index is 0. The fraction of sp³-hybridized carbons (Fsp3) is 0.588. The number of morpholine rings is 1. The second-order valence-corrected chi connectivity index (χ2v) is 5.95. The van der Waals surface area contributed by atoms with Crippen LogP contribution >= 0.6 is 24.0 Å². The first kappa shape index (κ1) is 21.1. The lowest BCUT2D eigenvalue weighted by Gasteiger charge is -2.38. The van der Waals surface area contributed by atoms with E-state index in [-0.39, 0.29) is 29.8 Å². The van der Waals surface area contributed by atoms with Crippen LogP contribution in [0.3, 0.4) is 0 Å². The Bertz CT molecular complexity index is 529. The molecule has 1 heterocycles. The molecule has 2 atom stereocenters. The molecular formula is C17H28FIN4O. The molecule has 0 aliphatic carbocycles. The summed E-state index contributed by atoms with van der Waals surface area (Å²) >= 11 is 0. The molecule has 2 rings (SSSR count). The summed E-state index contributed by atoms with van der Waals surface area (Å²) in [4.78, 5) is 6.66. The molecule has 2 unspecified atom stereocenters. The first-order chi connectivity index (χ1) is 11.1. The van der Waals surface area contributed by atoms with E-state index in [9.17, 15) is 4.39 Å². The van der Waals surface area contributed by atoms with E-state index in [1.165, 1.54) is 12.1 Å². The summed E-state index contributed by atoms with van der Waals surface area (Å²) in [5.74, 6) is 0.504. The maximum absolute atomic E-state index is 13.2. The molecule has 24 heavy (non-hydrogen) atoms. The second kappa shape index (κ2) is 10.8. The number of nitrogens with zero attached hydrogens (tertiary/aromatic N) is 2. The molecule has 0 saturated carbocycles. The van der Waals surface area contributed by atoms with Gasteiger partial charge < -0.3 is 15.4 Å². The van der Waals surface area contributed by atoms with Crippen molar-refractivity contribution in [3.05, 3.63) is 35.6 Å². The van der Waals surface area contributed by atoms with Crippen LogP contribution in [0.25, 0.3) is 0 Å². The summed E-state index contributed by atoms with van der Waals surface area (Å²) in [5, 5.41) is 6.55. The molecule has 0 aromatic heterocycles. The van der Waals surface area contributed by atoms with Crippen LogP contribution in [0.1, 0.15) is 19.4 Å². The van der Waals surface area contributed by atoms with Crippen LogP contribution < -0.4 is 10.6 Å². The van der Waals surface area contributed by atoms with Crippen molar-refractivity contribution in [2.24, 2.45) is 4.99 Å². The third-order valence-electron chi connectivity index (χ3n) is 4.12. The zero-order valence-corrected chi connectivity index (χ0v) is 16.9. The van der Waals surface area contributed by atoms with Crippen molar-refractivity contribution in [2.45, 2.75) is 32.5 Å². The van der Waals surface area contributed by atoms with E-state index in [1.54, 1.807) is 13.1 Å². The number of aliphatic imine (C=N–C) groups is 1. The second-order valence-electron chi connectivity index (χ2n) is 5.95. The van der Waals surface area contributed by atoms with Crippen LogP contribution in [0.5, 0.6) is 0 Å². The van der Waals surface area contributed by atoms with Gasteiger partial charge in [-0.25, -0.2) is 4.39 Å². The molecule has 0 bridgehead atoms. The topological polar surface area (TPSA) is 48.9 Å². The van der Waals surface area contributed by atoms with Gasteiger partial charge in [-0.05, 0) is 31.5 Å². The van der Waals surface area contributed by atoms with Crippen molar-refractivity contribution in [3.63, 3.8) is 0 Å². The van der Waals surface area contributed by atoms with Crippen LogP contribution in [0.4, 0.5) is 4.39 Å². The van der Waals surface area contributed by atoms with Gasteiger partial charge in [-0.2, -0.15) is 0 Å². The number of halogens is 2. The van der Waals surface area contributed by atoms with Crippen molar-refractivity contribution >= 4 is 29.9 Å². The highest BCUT2D eigenvalue weighted by molar-refractivity contribution is 14.0. The lowest BCUT2D eigenvalue weighted by Crippen LogP contribution is -2.52. The quantitative estimate of drug-likeness (QED) is 0.411. The van der Waals surface area contributed by atoms with E-state index in [0.717, 1.165) is 37.8 Å². The van der Waals surface area contributed by atoms with E-state index < -0.39 is 0 Å². The minimum Gasteiger partial charge on any atom is -0.379 e. The molecule has 7 heteroatoms. The molecule has 1 aromatic rings. The molecule has 1 aliphatic heterocycles. The molecule has 1 saturated heterocycles. The van der Waals surface area contributed by atoms with Crippen LogP contribution in [0.2, 0.25) is 0 Å². The highest BCUT2D eigenvalue weighted by atomic mass is 127. The minimum atomic E-state index is -0.220. The summed E-state index contributed by atoms with van der Waals surface area (Å²) in [7, 11) is 1.74. The zero-order chi connectivity index (χ0) is 16.7. The Morgan fingerprint density at radius 3 is 2.92 bits per heavy atom. The number of guanidine groups is 1. The Hall–Kier alpha value is -0.930. The van der Waals surface area contributed by atoms with E-state index in [0.29, 0.717) is 18.6 Å². The molecule has 0 spiro atoms. The van der Waals surface area contributed by atoms with Gasteiger partial charge in [0, 0.05) is 38.8 Å². The Labute approximate surface area is 161 Å². The fourth-order valence-corrected chi connectivity index (χ4v) is 2.81. The number of rotatable bonds is 5. The molecule has 1 aromatic carbocycles. The highest BCUT2D eigenvalue weighted by Crippen LogP contribution is 2.10. The zero-order valence-electron chi connectivity index (χ0n) is 14.6. The third kappa shape index (κ3) is 6.52. The van der Waals surface area contributed by atoms with Crippen LogP contribution in [-0.4, -0.2) is 56.3 Å². The van der Waals surface area contributed by atoms with E-state index in [1.807, 2.05) is 6.07 Å². The highest BCUT2D eigenvalue weighted by Gasteiger charge is 2.23. The molecule has 1 fully saturated rings. The average Bonchev–Trinajstić information content (AvgIpc) is 2.55. The Morgan fingerprint density at radius 2 is 2.25 bits per heavy atom. The Balaban J connectivity index is 0.00000288. The van der Waals surface area contributed by atoms with Crippen molar-refractivity contribution < 1.29 is 9.13 Å². The fourth-order valence-electron chi connectivity index (χ4n) is 2.81. The monoisotopic (exact) mass is 450 g/mol. The van der Waals surface area contributed by atoms with Gasteiger partial charge in [0.15, 0.2) is 5.96 Å². The van der Waals surface area contributed by atoms with Gasteiger partial charge in [0.1, 0.15) is 5.82 Å². The first-order valence-electron chi connectivity index (χ1n) is 8.12. The van der Waals surface area contributed by atoms with Crippen molar-refractivity contribution in [1.29, 1.82) is 0 Å². The van der Waals surface area contributed by atoms with Gasteiger partial charge in [-0.15, -0.1) is 24.0 Å². The molecular weight excluding hydrogens is 422 g/mol. The SMILES string of the molecule is CN=C(NCc1cccc(F)c1)NCC(C)N1CCOCC1C.I. The predicted octanol–water partition coefficient (Wildman–Crippen LogP) is 2.22. The lowest BCUT2D eigenvalue weighted by molar-refractivity contribution is -0.0174. The van der Waals surface area contributed by atoms with E-state index in [2.05, 4.69) is 34.4 Å². The van der Waals surface area contributed by atoms with Gasteiger partial charge in [-0.3, -0.25) is 9.89 Å². The van der Waals surface area contributed by atoms with Gasteiger partial charge in [-0.1, -0.05) is 12.1 Å². The third-order valence-corrected chi connectivity index (χ3v) is 4.12. The average molecular weight is 450 g/mol. The van der Waals surface area contributed by atoms with Gasteiger partial charge >= 0.3 is 0 Å². The van der Waals surface area contributed by atoms with Crippen molar-refractivity contribution in [3.8, 4) is 0 Å².